The van der Waals surface area contributed by atoms with Gasteiger partial charge in [-0.15, -0.1) is 0 Å². The molecule has 4 fully saturated rings. The number of amides is 1. The first-order valence-electron chi connectivity index (χ1n) is 8.23. The van der Waals surface area contributed by atoms with Crippen molar-refractivity contribution < 1.29 is 31.5 Å². The third kappa shape index (κ3) is 3.05. The van der Waals surface area contributed by atoms with Gasteiger partial charge >= 0.3 is 6.18 Å². The van der Waals surface area contributed by atoms with Crippen LogP contribution in [0.25, 0.3) is 0 Å². The van der Waals surface area contributed by atoms with Gasteiger partial charge in [0.2, 0.25) is 5.91 Å². The zero-order valence-electron chi connectivity index (χ0n) is 13.4. The smallest absolute Gasteiger partial charge is 0.390 e. The van der Waals surface area contributed by atoms with E-state index in [-0.39, 0.29) is 5.92 Å². The van der Waals surface area contributed by atoms with Crippen molar-refractivity contribution in [2.24, 2.45) is 23.7 Å². The monoisotopic (exact) mass is 369 g/mol. The molecule has 4 rings (SSSR count). The van der Waals surface area contributed by atoms with E-state index in [9.17, 15) is 31.5 Å². The number of sulfone groups is 1. The molecule has 0 unspecified atom stereocenters. The molecule has 0 spiro atoms. The molecule has 0 radical (unpaired) electrons. The fourth-order valence-corrected chi connectivity index (χ4v) is 6.70. The molecule has 3 saturated carbocycles. The average Bonchev–Trinajstić information content (AvgIpc) is 2.78. The Bertz CT molecular complexity index is 613. The summed E-state index contributed by atoms with van der Waals surface area (Å²) >= 11 is 0. The van der Waals surface area contributed by atoms with Crippen LogP contribution in [-0.4, -0.2) is 61.2 Å². The minimum atomic E-state index is -4.44. The molecular formula is C15H22F3NO4S. The SMILES string of the molecule is CN(C(=O)[C@H]1C2CCC(CC2)[C@@H]1C(F)(F)F)[C@@H]1CS(=O)(=O)C[C@H]1O. The molecule has 1 amide bonds. The Kier molecular flexibility index (Phi) is 4.39. The highest BCUT2D eigenvalue weighted by atomic mass is 32.2. The summed E-state index contributed by atoms with van der Waals surface area (Å²) in [7, 11) is -2.16. The number of nitrogens with zero attached hydrogens (tertiary/aromatic N) is 1. The number of likely N-dealkylation sites (N-methyl/N-ethyl adjacent to an activating group) is 1. The predicted octanol–water partition coefficient (Wildman–Crippen LogP) is 1.22. The molecule has 1 saturated heterocycles. The van der Waals surface area contributed by atoms with Gasteiger partial charge in [-0.3, -0.25) is 4.79 Å². The molecule has 0 aromatic carbocycles. The molecule has 138 valence electrons. The van der Waals surface area contributed by atoms with E-state index in [2.05, 4.69) is 0 Å². The maximum atomic E-state index is 13.5. The highest BCUT2D eigenvalue weighted by Crippen LogP contribution is 2.55. The van der Waals surface area contributed by atoms with Crippen LogP contribution in [0, 0.1) is 23.7 Å². The van der Waals surface area contributed by atoms with E-state index in [0.29, 0.717) is 25.7 Å². The molecular weight excluding hydrogens is 347 g/mol. The van der Waals surface area contributed by atoms with Crippen molar-refractivity contribution in [3.8, 4) is 0 Å². The van der Waals surface area contributed by atoms with Crippen LogP contribution in [0.15, 0.2) is 0 Å². The lowest BCUT2D eigenvalue weighted by Gasteiger charge is -2.49. The van der Waals surface area contributed by atoms with Gasteiger partial charge < -0.3 is 10.0 Å². The standard InChI is InChI=1S/C15H22F3NO4S/c1-19(10-6-24(22,23)7-11(10)20)14(21)12-8-2-4-9(5-3-8)13(12)15(16,17)18/h8-13,20H,2-7H2,1H3/t8?,9?,10-,11-,12+,13+/m1/s1. The van der Waals surface area contributed by atoms with Gasteiger partial charge in [-0.05, 0) is 37.5 Å². The highest BCUT2D eigenvalue weighted by molar-refractivity contribution is 7.91. The maximum Gasteiger partial charge on any atom is 0.392 e. The van der Waals surface area contributed by atoms with Crippen molar-refractivity contribution in [2.75, 3.05) is 18.6 Å². The first-order chi connectivity index (χ1) is 11.0. The molecule has 0 aromatic rings. The van der Waals surface area contributed by atoms with Crippen LogP contribution >= 0.6 is 0 Å². The summed E-state index contributed by atoms with van der Waals surface area (Å²) in [5, 5.41) is 9.90. The van der Waals surface area contributed by atoms with Crippen LogP contribution in [0.2, 0.25) is 0 Å². The van der Waals surface area contributed by atoms with Gasteiger partial charge in [-0.2, -0.15) is 13.2 Å². The molecule has 1 heterocycles. The van der Waals surface area contributed by atoms with Crippen LogP contribution < -0.4 is 0 Å². The summed E-state index contributed by atoms with van der Waals surface area (Å²) in [6, 6.07) is -0.961. The number of carbonyl (C=O) groups is 1. The Morgan fingerprint density at radius 3 is 2.08 bits per heavy atom. The summed E-state index contributed by atoms with van der Waals surface area (Å²) in [6.45, 7) is 0. The zero-order chi connectivity index (χ0) is 17.9. The average molecular weight is 369 g/mol. The van der Waals surface area contributed by atoms with E-state index in [1.54, 1.807) is 0 Å². The van der Waals surface area contributed by atoms with Crippen LogP contribution in [0.3, 0.4) is 0 Å². The van der Waals surface area contributed by atoms with E-state index >= 15 is 0 Å². The topological polar surface area (TPSA) is 74.7 Å². The van der Waals surface area contributed by atoms with Crippen LogP contribution in [0.4, 0.5) is 13.2 Å². The second-order valence-corrected chi connectivity index (χ2v) is 9.58. The Balaban J connectivity index is 1.85. The molecule has 0 aromatic heterocycles. The van der Waals surface area contributed by atoms with E-state index < -0.39 is 63.3 Å². The van der Waals surface area contributed by atoms with Crippen LogP contribution in [0.1, 0.15) is 25.7 Å². The van der Waals surface area contributed by atoms with Gasteiger partial charge in [0.05, 0.1) is 35.5 Å². The zero-order valence-corrected chi connectivity index (χ0v) is 14.2. The second kappa shape index (κ2) is 5.86. The van der Waals surface area contributed by atoms with Crippen molar-refractivity contribution in [3.63, 3.8) is 0 Å². The molecule has 3 aliphatic carbocycles. The number of aliphatic hydroxyl groups is 1. The summed E-state index contributed by atoms with van der Waals surface area (Å²) in [6.07, 6.45) is -3.49. The van der Waals surface area contributed by atoms with Crippen molar-refractivity contribution in [2.45, 2.75) is 44.0 Å². The van der Waals surface area contributed by atoms with Crippen molar-refractivity contribution >= 4 is 15.7 Å². The lowest BCUT2D eigenvalue weighted by atomic mass is 9.58. The van der Waals surface area contributed by atoms with Gasteiger partial charge in [0.25, 0.3) is 0 Å². The van der Waals surface area contributed by atoms with Crippen LogP contribution in [-0.2, 0) is 14.6 Å². The number of rotatable bonds is 2. The third-order valence-corrected chi connectivity index (χ3v) is 7.72. The largest absolute Gasteiger partial charge is 0.392 e. The first-order valence-corrected chi connectivity index (χ1v) is 10.1. The fourth-order valence-electron chi connectivity index (χ4n) is 4.85. The predicted molar refractivity (Wildman–Crippen MR) is 79.7 cm³/mol. The molecule has 24 heavy (non-hydrogen) atoms. The van der Waals surface area contributed by atoms with Crippen molar-refractivity contribution in [1.29, 1.82) is 0 Å². The number of alkyl halides is 3. The maximum absolute atomic E-state index is 13.5. The van der Waals surface area contributed by atoms with E-state index in [0.717, 1.165) is 4.90 Å². The van der Waals surface area contributed by atoms with E-state index in [4.69, 9.17) is 0 Å². The molecule has 5 nitrogen and oxygen atoms in total. The van der Waals surface area contributed by atoms with E-state index in [1.165, 1.54) is 7.05 Å². The fraction of sp³-hybridized carbons (Fsp3) is 0.933. The summed E-state index contributed by atoms with van der Waals surface area (Å²) in [4.78, 5) is 13.9. The summed E-state index contributed by atoms with van der Waals surface area (Å²) < 4.78 is 63.9. The molecule has 1 aliphatic heterocycles. The number of aliphatic hydroxyl groups excluding tert-OH is 1. The summed E-state index contributed by atoms with van der Waals surface area (Å²) in [5.41, 5.74) is 0. The molecule has 9 heteroatoms. The van der Waals surface area contributed by atoms with Gasteiger partial charge in [-0.25, -0.2) is 8.42 Å². The quantitative estimate of drug-likeness (QED) is 0.794. The normalized spacial score (nSPS) is 41.4. The molecule has 1 N–H and O–H groups in total. The number of halogens is 3. The molecule has 4 aliphatic rings. The van der Waals surface area contributed by atoms with Gasteiger partial charge in [0.1, 0.15) is 0 Å². The molecule has 2 bridgehead atoms. The Morgan fingerprint density at radius 2 is 1.62 bits per heavy atom. The van der Waals surface area contributed by atoms with Crippen molar-refractivity contribution in [3.05, 3.63) is 0 Å². The number of carbonyl (C=O) groups excluding carboxylic acids is 1. The Morgan fingerprint density at radius 1 is 1.08 bits per heavy atom. The number of hydrogen-bond acceptors (Lipinski definition) is 4. The van der Waals surface area contributed by atoms with Crippen LogP contribution in [0.5, 0.6) is 0 Å². The lowest BCUT2D eigenvalue weighted by molar-refractivity contribution is -0.231. The third-order valence-electron chi connectivity index (χ3n) is 6.02. The summed E-state index contributed by atoms with van der Waals surface area (Å²) in [5.74, 6) is -5.18. The lowest BCUT2D eigenvalue weighted by Crippen LogP contribution is -2.56. The Hall–Kier alpha value is -0.830. The van der Waals surface area contributed by atoms with Crippen molar-refractivity contribution in [1.82, 2.24) is 4.90 Å². The first kappa shape index (κ1) is 18.0. The second-order valence-electron chi connectivity index (χ2n) is 7.43. The highest BCUT2D eigenvalue weighted by Gasteiger charge is 2.59. The minimum Gasteiger partial charge on any atom is -0.390 e. The van der Waals surface area contributed by atoms with Gasteiger partial charge in [0, 0.05) is 7.05 Å². The van der Waals surface area contributed by atoms with Gasteiger partial charge in [-0.1, -0.05) is 0 Å². The van der Waals surface area contributed by atoms with Gasteiger partial charge in [0.15, 0.2) is 9.84 Å². The Labute approximate surface area is 139 Å². The number of hydrogen-bond donors (Lipinski definition) is 1. The number of fused-ring (bicyclic) bond motifs is 3. The van der Waals surface area contributed by atoms with E-state index in [1.807, 2.05) is 0 Å². The molecule has 4 atom stereocenters. The minimum absolute atomic E-state index is 0.313.